The van der Waals surface area contributed by atoms with Crippen molar-refractivity contribution >= 4 is 33.3 Å². The molecule has 0 spiro atoms. The quantitative estimate of drug-likeness (QED) is 0.815. The van der Waals surface area contributed by atoms with Gasteiger partial charge in [-0.3, -0.25) is 9.69 Å². The number of ether oxygens (including phenoxy) is 1. The van der Waals surface area contributed by atoms with Gasteiger partial charge in [0.15, 0.2) is 0 Å². The van der Waals surface area contributed by atoms with Gasteiger partial charge in [0.05, 0.1) is 25.1 Å². The highest BCUT2D eigenvalue weighted by Crippen LogP contribution is 2.32. The lowest BCUT2D eigenvalue weighted by Crippen LogP contribution is -2.42. The number of carbonyl (C=O) groups excluding carboxylic acids is 1. The normalized spacial score (nSPS) is 15.6. The molecule has 1 amide bonds. The number of aromatic nitrogens is 2. The van der Waals surface area contributed by atoms with Crippen molar-refractivity contribution in [2.75, 3.05) is 51.3 Å². The molecule has 0 atom stereocenters. The number of hydrogen-bond donors (Lipinski definition) is 2. The topological polar surface area (TPSA) is 79.4 Å². The SMILES string of the molecule is Cc1sc2ncnc(NCC(=O)NCCN3CCOCC3)c2c1C. The molecule has 24 heavy (non-hydrogen) atoms. The molecule has 0 saturated carbocycles. The fourth-order valence-corrected chi connectivity index (χ4v) is 3.72. The molecule has 130 valence electrons. The molecule has 0 aliphatic carbocycles. The third kappa shape index (κ3) is 4.00. The molecular formula is C16H23N5O2S. The monoisotopic (exact) mass is 349 g/mol. The van der Waals surface area contributed by atoms with Crippen LogP contribution in [0.1, 0.15) is 10.4 Å². The van der Waals surface area contributed by atoms with E-state index >= 15 is 0 Å². The average Bonchev–Trinajstić information content (AvgIpc) is 2.89. The number of thiophene rings is 1. The van der Waals surface area contributed by atoms with Gasteiger partial charge in [-0.15, -0.1) is 11.3 Å². The van der Waals surface area contributed by atoms with Crippen LogP contribution >= 0.6 is 11.3 Å². The molecule has 1 aliphatic heterocycles. The van der Waals surface area contributed by atoms with E-state index in [9.17, 15) is 4.79 Å². The number of anilines is 1. The van der Waals surface area contributed by atoms with Gasteiger partial charge in [0, 0.05) is 31.1 Å². The van der Waals surface area contributed by atoms with Crippen LogP contribution in [0.2, 0.25) is 0 Å². The van der Waals surface area contributed by atoms with Crippen LogP contribution in [0.4, 0.5) is 5.82 Å². The van der Waals surface area contributed by atoms with Crippen molar-refractivity contribution in [3.63, 3.8) is 0 Å². The van der Waals surface area contributed by atoms with Crippen LogP contribution in [0.25, 0.3) is 10.2 Å². The van der Waals surface area contributed by atoms with Crippen LogP contribution in [0.15, 0.2) is 6.33 Å². The molecule has 0 radical (unpaired) electrons. The zero-order valence-electron chi connectivity index (χ0n) is 14.1. The Kier molecular flexibility index (Phi) is 5.60. The van der Waals surface area contributed by atoms with Crippen LogP contribution in [0, 0.1) is 13.8 Å². The summed E-state index contributed by atoms with van der Waals surface area (Å²) in [6.45, 7) is 9.27. The summed E-state index contributed by atoms with van der Waals surface area (Å²) in [6, 6.07) is 0. The van der Waals surface area contributed by atoms with Crippen molar-refractivity contribution in [1.82, 2.24) is 20.2 Å². The molecule has 0 bridgehead atoms. The highest BCUT2D eigenvalue weighted by atomic mass is 32.1. The fourth-order valence-electron chi connectivity index (χ4n) is 2.72. The summed E-state index contributed by atoms with van der Waals surface area (Å²) in [6.07, 6.45) is 1.54. The molecule has 0 unspecified atom stereocenters. The van der Waals surface area contributed by atoms with Crippen LogP contribution in [-0.2, 0) is 9.53 Å². The number of hydrogen-bond acceptors (Lipinski definition) is 7. The van der Waals surface area contributed by atoms with Crippen molar-refractivity contribution in [3.8, 4) is 0 Å². The Bertz CT molecular complexity index is 712. The number of aryl methyl sites for hydroxylation is 2. The Hall–Kier alpha value is -1.77. The van der Waals surface area contributed by atoms with E-state index in [2.05, 4.69) is 39.3 Å². The summed E-state index contributed by atoms with van der Waals surface area (Å²) in [5, 5.41) is 7.10. The van der Waals surface area contributed by atoms with E-state index in [0.717, 1.165) is 48.9 Å². The lowest BCUT2D eigenvalue weighted by molar-refractivity contribution is -0.119. The minimum atomic E-state index is -0.0281. The smallest absolute Gasteiger partial charge is 0.239 e. The van der Waals surface area contributed by atoms with E-state index in [-0.39, 0.29) is 12.5 Å². The van der Waals surface area contributed by atoms with Crippen LogP contribution in [-0.4, -0.2) is 66.7 Å². The Morgan fingerprint density at radius 2 is 2.12 bits per heavy atom. The molecule has 3 heterocycles. The van der Waals surface area contributed by atoms with Gasteiger partial charge in [-0.1, -0.05) is 0 Å². The first-order valence-corrected chi connectivity index (χ1v) is 8.98. The molecular weight excluding hydrogens is 326 g/mol. The van der Waals surface area contributed by atoms with E-state index in [1.165, 1.54) is 16.8 Å². The van der Waals surface area contributed by atoms with E-state index in [1.807, 2.05) is 0 Å². The second kappa shape index (κ2) is 7.87. The van der Waals surface area contributed by atoms with Gasteiger partial charge >= 0.3 is 0 Å². The Labute approximate surface area is 145 Å². The molecule has 8 heteroatoms. The summed E-state index contributed by atoms with van der Waals surface area (Å²) in [4.78, 5) is 25.1. The second-order valence-electron chi connectivity index (χ2n) is 5.84. The van der Waals surface area contributed by atoms with Crippen LogP contribution < -0.4 is 10.6 Å². The summed E-state index contributed by atoms with van der Waals surface area (Å²) >= 11 is 1.65. The maximum Gasteiger partial charge on any atom is 0.239 e. The molecule has 2 aromatic heterocycles. The minimum Gasteiger partial charge on any atom is -0.379 e. The fraction of sp³-hybridized carbons (Fsp3) is 0.562. The maximum atomic E-state index is 12.0. The molecule has 2 aromatic rings. The number of morpholine rings is 1. The number of fused-ring (bicyclic) bond motifs is 1. The highest BCUT2D eigenvalue weighted by molar-refractivity contribution is 7.18. The molecule has 2 N–H and O–H groups in total. The van der Waals surface area contributed by atoms with Crippen LogP contribution in [0.5, 0.6) is 0 Å². The molecule has 0 aromatic carbocycles. The van der Waals surface area contributed by atoms with E-state index in [1.54, 1.807) is 11.3 Å². The predicted molar refractivity (Wildman–Crippen MR) is 95.6 cm³/mol. The molecule has 1 fully saturated rings. The first kappa shape index (κ1) is 17.1. The first-order valence-electron chi connectivity index (χ1n) is 8.16. The molecule has 7 nitrogen and oxygen atoms in total. The highest BCUT2D eigenvalue weighted by Gasteiger charge is 2.13. The third-order valence-electron chi connectivity index (χ3n) is 4.24. The van der Waals surface area contributed by atoms with E-state index < -0.39 is 0 Å². The van der Waals surface area contributed by atoms with Gasteiger partial charge in [-0.25, -0.2) is 9.97 Å². The number of rotatable bonds is 6. The zero-order chi connectivity index (χ0) is 16.9. The summed E-state index contributed by atoms with van der Waals surface area (Å²) < 4.78 is 5.31. The Morgan fingerprint density at radius 1 is 1.33 bits per heavy atom. The molecule has 1 saturated heterocycles. The standard InChI is InChI=1S/C16H23N5O2S/c1-11-12(2)24-16-14(11)15(19-10-20-16)18-9-13(22)17-3-4-21-5-7-23-8-6-21/h10H,3-9H2,1-2H3,(H,17,22)(H,18,19,20). The van der Waals surface area contributed by atoms with E-state index in [0.29, 0.717) is 6.54 Å². The zero-order valence-corrected chi connectivity index (χ0v) is 14.9. The van der Waals surface area contributed by atoms with Gasteiger partial charge in [-0.2, -0.15) is 0 Å². The van der Waals surface area contributed by atoms with Gasteiger partial charge in [0.2, 0.25) is 5.91 Å². The van der Waals surface area contributed by atoms with Crippen molar-refractivity contribution in [1.29, 1.82) is 0 Å². The van der Waals surface area contributed by atoms with E-state index in [4.69, 9.17) is 4.74 Å². The van der Waals surface area contributed by atoms with Gasteiger partial charge < -0.3 is 15.4 Å². The molecule has 1 aliphatic rings. The second-order valence-corrected chi connectivity index (χ2v) is 7.05. The Morgan fingerprint density at radius 3 is 2.92 bits per heavy atom. The summed E-state index contributed by atoms with van der Waals surface area (Å²) in [7, 11) is 0. The number of nitrogens with zero attached hydrogens (tertiary/aromatic N) is 3. The average molecular weight is 349 g/mol. The Balaban J connectivity index is 1.49. The maximum absolute atomic E-state index is 12.0. The molecule has 3 rings (SSSR count). The van der Waals surface area contributed by atoms with Crippen molar-refractivity contribution in [2.24, 2.45) is 0 Å². The summed E-state index contributed by atoms with van der Waals surface area (Å²) in [5.74, 6) is 0.699. The van der Waals surface area contributed by atoms with Crippen molar-refractivity contribution in [3.05, 3.63) is 16.8 Å². The van der Waals surface area contributed by atoms with Crippen LogP contribution in [0.3, 0.4) is 0 Å². The number of carbonyl (C=O) groups is 1. The van der Waals surface area contributed by atoms with Gasteiger partial charge in [0.25, 0.3) is 0 Å². The largest absolute Gasteiger partial charge is 0.379 e. The predicted octanol–water partition coefficient (Wildman–Crippen LogP) is 1.17. The number of nitrogens with one attached hydrogen (secondary N) is 2. The third-order valence-corrected chi connectivity index (χ3v) is 5.35. The van der Waals surface area contributed by atoms with Gasteiger partial charge in [0.1, 0.15) is 17.0 Å². The first-order chi connectivity index (χ1) is 11.6. The van der Waals surface area contributed by atoms with Crippen molar-refractivity contribution in [2.45, 2.75) is 13.8 Å². The summed E-state index contributed by atoms with van der Waals surface area (Å²) in [5.41, 5.74) is 1.17. The lowest BCUT2D eigenvalue weighted by atomic mass is 10.2. The lowest BCUT2D eigenvalue weighted by Gasteiger charge is -2.26. The van der Waals surface area contributed by atoms with Gasteiger partial charge in [-0.05, 0) is 19.4 Å². The minimum absolute atomic E-state index is 0.0281. The van der Waals surface area contributed by atoms with Crippen molar-refractivity contribution < 1.29 is 9.53 Å². The number of amides is 1.